The van der Waals surface area contributed by atoms with Gasteiger partial charge in [0, 0.05) is 58.5 Å². The number of unbranched alkanes of at least 4 members (excludes halogenated alkanes) is 2. The molecule has 0 aromatic heterocycles. The summed E-state index contributed by atoms with van der Waals surface area (Å²) in [7, 11) is 0. The van der Waals surface area contributed by atoms with Gasteiger partial charge in [0.1, 0.15) is 22.9 Å². The van der Waals surface area contributed by atoms with Crippen molar-refractivity contribution in [1.29, 1.82) is 0 Å². The Morgan fingerprint density at radius 1 is 0.671 bits per heavy atom. The minimum absolute atomic E-state index is 0.00521. The summed E-state index contributed by atoms with van der Waals surface area (Å²) >= 11 is 0. The van der Waals surface area contributed by atoms with Gasteiger partial charge in [0.15, 0.2) is 0 Å². The summed E-state index contributed by atoms with van der Waals surface area (Å²) in [6.45, 7) is 33.7. The fraction of sp³-hybridized carbons (Fsp3) is 0.883. The molecular weight excluding hydrogens is 921 g/mol. The minimum atomic E-state index is -0.672. The van der Waals surface area contributed by atoms with Crippen LogP contribution < -0.4 is 10.6 Å². The number of nitrogens with zero attached hydrogens (tertiary/aromatic N) is 2. The number of allylic oxidation sites excluding steroid dienone is 1. The molecule has 13 nitrogen and oxygen atoms in total. The molecule has 0 aromatic rings. The van der Waals surface area contributed by atoms with Crippen molar-refractivity contribution in [3.05, 3.63) is 11.6 Å². The molecule has 9 atom stereocenters. The molecule has 2 N–H and O–H groups in total. The Morgan fingerprint density at radius 3 is 1.81 bits per heavy atom. The van der Waals surface area contributed by atoms with Crippen LogP contribution in [0.15, 0.2) is 11.6 Å². The Balaban J connectivity index is 1.26. The summed E-state index contributed by atoms with van der Waals surface area (Å²) in [5.41, 5.74) is 0.286. The van der Waals surface area contributed by atoms with Gasteiger partial charge in [0.2, 0.25) is 5.91 Å². The Kier molecular flexibility index (Phi) is 23.4. The highest BCUT2D eigenvalue weighted by Gasteiger charge is 2.59. The molecule has 13 heteroatoms. The van der Waals surface area contributed by atoms with Crippen LogP contribution in [0.1, 0.15) is 226 Å². The van der Waals surface area contributed by atoms with Gasteiger partial charge < -0.3 is 39.4 Å². The second-order valence-electron chi connectivity index (χ2n) is 26.6. The highest BCUT2D eigenvalue weighted by Crippen LogP contribution is 2.67. The van der Waals surface area contributed by atoms with Gasteiger partial charge >= 0.3 is 24.2 Å². The lowest BCUT2D eigenvalue weighted by Gasteiger charge is -2.58. The average molecular weight is 1030 g/mol. The predicted molar refractivity (Wildman–Crippen MR) is 292 cm³/mol. The van der Waals surface area contributed by atoms with E-state index < -0.39 is 35.1 Å². The first-order valence-corrected chi connectivity index (χ1v) is 29.1. The maximum absolute atomic E-state index is 13.8. The molecule has 420 valence electrons. The van der Waals surface area contributed by atoms with Gasteiger partial charge in [-0.25, -0.2) is 14.4 Å². The van der Waals surface area contributed by atoms with E-state index in [2.05, 4.69) is 58.3 Å². The maximum atomic E-state index is 13.8. The van der Waals surface area contributed by atoms with E-state index in [-0.39, 0.29) is 29.8 Å². The van der Waals surface area contributed by atoms with Crippen LogP contribution >= 0.6 is 0 Å². The molecule has 4 amide bonds. The Bertz CT molecular complexity index is 1810. The van der Waals surface area contributed by atoms with E-state index in [9.17, 15) is 24.0 Å². The molecule has 0 spiro atoms. The van der Waals surface area contributed by atoms with Gasteiger partial charge in [-0.3, -0.25) is 9.59 Å². The van der Waals surface area contributed by atoms with Crippen molar-refractivity contribution < 1.29 is 42.9 Å². The number of nitrogens with one attached hydrogen (secondary N) is 2. The molecule has 0 aromatic carbocycles. The standard InChI is InChI=1S/C60H106N4O9/c1-16-44(42(2)3)26-25-43(4)48-29-30-49-47-28-27-45-41-46(31-33-59(45,14)50(47)32-34-60(48,49)15)70-52(66)24-18-17-23-51(65)63(39-21-35-61-53(67)71-56(5,6)7)37-19-20-38-64(55(69)73-58(11,12)13)40-22-36-62-54(68)72-57(8,9)10/h27,42-44,46-50H,16-26,28-41H2,1-15H3,(H,61,67)(H,62,68)/t43-,44-,46+,47+,48-,49+,50+,59+,60-/m1/s1. The van der Waals surface area contributed by atoms with Gasteiger partial charge in [-0.1, -0.05) is 66.0 Å². The predicted octanol–water partition coefficient (Wildman–Crippen LogP) is 13.8. The van der Waals surface area contributed by atoms with E-state index in [1.54, 1.807) is 25.7 Å². The van der Waals surface area contributed by atoms with Crippen LogP contribution in [0, 0.1) is 52.3 Å². The Morgan fingerprint density at radius 2 is 1.23 bits per heavy atom. The molecule has 0 radical (unpaired) electrons. The third-order valence-electron chi connectivity index (χ3n) is 17.3. The highest BCUT2D eigenvalue weighted by atomic mass is 16.6. The monoisotopic (exact) mass is 1030 g/mol. The number of hydrogen-bond acceptors (Lipinski definition) is 9. The van der Waals surface area contributed by atoms with Crippen molar-refractivity contribution in [1.82, 2.24) is 20.4 Å². The van der Waals surface area contributed by atoms with Gasteiger partial charge in [0.05, 0.1) is 0 Å². The molecule has 3 saturated carbocycles. The highest BCUT2D eigenvalue weighted by molar-refractivity contribution is 5.76. The summed E-state index contributed by atoms with van der Waals surface area (Å²) in [5, 5.41) is 5.55. The molecular formula is C60H106N4O9. The number of fused-ring (bicyclic) bond motifs is 5. The third kappa shape index (κ3) is 19.5. The van der Waals surface area contributed by atoms with E-state index in [4.69, 9.17) is 18.9 Å². The summed E-state index contributed by atoms with van der Waals surface area (Å²) in [4.78, 5) is 68.2. The Labute approximate surface area is 443 Å². The fourth-order valence-electron chi connectivity index (χ4n) is 13.5. The molecule has 0 aliphatic heterocycles. The SMILES string of the molecule is CC[C@H](CC[C@@H](C)[C@H]1CC[C@H]2[C@@H]3CC=C4C[C@@H](OC(=O)CCCCC(=O)N(CCCCN(CCCNC(=O)OC(C)(C)C)C(=O)OC(C)(C)C)CCCNC(=O)OC(C)(C)C)CC[C@]4(C)[C@H]3CC[C@]12C)C(C)C. The summed E-state index contributed by atoms with van der Waals surface area (Å²) in [6, 6.07) is 0. The quantitative estimate of drug-likeness (QED) is 0.0394. The number of carbonyl (C=O) groups is 5. The van der Waals surface area contributed by atoms with Crippen LogP contribution in [-0.2, 0) is 28.5 Å². The number of carbonyl (C=O) groups excluding carboxylic acids is 5. The smallest absolute Gasteiger partial charge is 0.410 e. The molecule has 4 aliphatic carbocycles. The zero-order chi connectivity index (χ0) is 54.4. The molecule has 0 heterocycles. The van der Waals surface area contributed by atoms with E-state index in [0.717, 1.165) is 60.7 Å². The van der Waals surface area contributed by atoms with E-state index in [1.807, 2.05) is 46.4 Å². The first-order chi connectivity index (χ1) is 34.0. The van der Waals surface area contributed by atoms with Crippen LogP contribution in [0.25, 0.3) is 0 Å². The average Bonchev–Trinajstić information content (AvgIpc) is 3.63. The number of alkyl carbamates (subject to hydrolysis) is 2. The second-order valence-corrected chi connectivity index (χ2v) is 26.6. The lowest BCUT2D eigenvalue weighted by Crippen LogP contribution is -2.51. The van der Waals surface area contributed by atoms with E-state index >= 15 is 0 Å². The molecule has 0 bridgehead atoms. The number of hydrogen-bond donors (Lipinski definition) is 2. The normalized spacial score (nSPS) is 25.8. The second kappa shape index (κ2) is 27.5. The summed E-state index contributed by atoms with van der Waals surface area (Å²) < 4.78 is 22.6. The molecule has 4 aliphatic rings. The first kappa shape index (κ1) is 62.0. The van der Waals surface area contributed by atoms with Crippen molar-refractivity contribution in [2.45, 2.75) is 249 Å². The lowest BCUT2D eigenvalue weighted by atomic mass is 9.47. The van der Waals surface area contributed by atoms with Gasteiger partial charge in [-0.2, -0.15) is 0 Å². The van der Waals surface area contributed by atoms with Crippen LogP contribution in [-0.4, -0.2) is 102 Å². The number of rotatable bonds is 25. The van der Waals surface area contributed by atoms with Crippen molar-refractivity contribution in [2.75, 3.05) is 39.3 Å². The Hall–Kier alpha value is -3.51. The van der Waals surface area contributed by atoms with E-state index in [0.29, 0.717) is 89.6 Å². The van der Waals surface area contributed by atoms with Gasteiger partial charge in [0.25, 0.3) is 0 Å². The largest absolute Gasteiger partial charge is 0.462 e. The molecule has 0 saturated heterocycles. The van der Waals surface area contributed by atoms with Crippen LogP contribution in [0.3, 0.4) is 0 Å². The summed E-state index contributed by atoms with van der Waals surface area (Å²) in [5.74, 6) is 5.38. The molecule has 0 unspecified atom stereocenters. The summed E-state index contributed by atoms with van der Waals surface area (Å²) in [6.07, 6.45) is 18.6. The van der Waals surface area contributed by atoms with Gasteiger partial charge in [-0.15, -0.1) is 0 Å². The van der Waals surface area contributed by atoms with Crippen LogP contribution in [0.5, 0.6) is 0 Å². The maximum Gasteiger partial charge on any atom is 0.410 e. The zero-order valence-electron chi connectivity index (χ0n) is 48.9. The van der Waals surface area contributed by atoms with Crippen molar-refractivity contribution >= 4 is 30.2 Å². The first-order valence-electron chi connectivity index (χ1n) is 29.1. The molecule has 73 heavy (non-hydrogen) atoms. The van der Waals surface area contributed by atoms with Crippen molar-refractivity contribution in [3.8, 4) is 0 Å². The zero-order valence-corrected chi connectivity index (χ0v) is 48.9. The van der Waals surface area contributed by atoms with E-state index in [1.165, 1.54) is 56.9 Å². The van der Waals surface area contributed by atoms with Gasteiger partial charge in [-0.05, 0) is 204 Å². The third-order valence-corrected chi connectivity index (χ3v) is 17.3. The van der Waals surface area contributed by atoms with Crippen LogP contribution in [0.2, 0.25) is 0 Å². The molecule has 3 fully saturated rings. The minimum Gasteiger partial charge on any atom is -0.462 e. The van der Waals surface area contributed by atoms with Crippen molar-refractivity contribution in [3.63, 3.8) is 0 Å². The number of amides is 4. The number of ether oxygens (including phenoxy) is 4. The van der Waals surface area contributed by atoms with Crippen LogP contribution in [0.4, 0.5) is 14.4 Å². The lowest BCUT2D eigenvalue weighted by molar-refractivity contribution is -0.151. The topological polar surface area (TPSA) is 153 Å². The fourth-order valence-corrected chi connectivity index (χ4v) is 13.5. The molecule has 4 rings (SSSR count). The van der Waals surface area contributed by atoms with Crippen molar-refractivity contribution in [2.24, 2.45) is 52.3 Å². The number of esters is 1.